The minimum Gasteiger partial charge on any atom is -0.271 e. The first-order valence-electron chi connectivity index (χ1n) is 5.45. The Balaban J connectivity index is 2.48. The van der Waals surface area contributed by atoms with Crippen LogP contribution in [0.15, 0.2) is 36.5 Å². The summed E-state index contributed by atoms with van der Waals surface area (Å²) in [5.41, 5.74) is 5.00. The zero-order valence-corrected chi connectivity index (χ0v) is 10.6. The first-order chi connectivity index (χ1) is 8.61. The Bertz CT molecular complexity index is 560. The van der Waals surface area contributed by atoms with E-state index in [0.29, 0.717) is 10.6 Å². The van der Waals surface area contributed by atoms with Crippen molar-refractivity contribution >= 4 is 11.6 Å². The fraction of sp³-hybridized carbons (Fsp3) is 0.154. The van der Waals surface area contributed by atoms with Gasteiger partial charge in [0, 0.05) is 16.9 Å². The minimum absolute atomic E-state index is 0.347. The lowest BCUT2D eigenvalue weighted by atomic mass is 9.99. The Kier molecular flexibility index (Phi) is 3.91. The van der Waals surface area contributed by atoms with Gasteiger partial charge in [0.15, 0.2) is 0 Å². The van der Waals surface area contributed by atoms with Gasteiger partial charge in [-0.2, -0.15) is 0 Å². The molecule has 0 radical (unpaired) electrons. The van der Waals surface area contributed by atoms with Crippen LogP contribution in [0.3, 0.4) is 0 Å². The number of nitrogens with zero attached hydrogens (tertiary/aromatic N) is 1. The van der Waals surface area contributed by atoms with Crippen molar-refractivity contribution in [1.82, 2.24) is 10.4 Å². The summed E-state index contributed by atoms with van der Waals surface area (Å²) in [7, 11) is 0. The van der Waals surface area contributed by atoms with Gasteiger partial charge in [-0.25, -0.2) is 9.82 Å². The highest BCUT2D eigenvalue weighted by atomic mass is 35.5. The Labute approximate surface area is 110 Å². The number of hydrazine groups is 1. The van der Waals surface area contributed by atoms with Gasteiger partial charge in [-0.3, -0.25) is 10.8 Å². The molecule has 3 nitrogen and oxygen atoms in total. The maximum Gasteiger partial charge on any atom is 0.123 e. The maximum atomic E-state index is 13.3. The molecule has 1 atom stereocenters. The summed E-state index contributed by atoms with van der Waals surface area (Å²) in [6.07, 6.45) is 1.68. The van der Waals surface area contributed by atoms with Crippen molar-refractivity contribution in [3.05, 3.63) is 64.2 Å². The van der Waals surface area contributed by atoms with Gasteiger partial charge in [-0.15, -0.1) is 0 Å². The van der Waals surface area contributed by atoms with E-state index in [4.69, 9.17) is 17.4 Å². The number of nitrogens with two attached hydrogens (primary N) is 1. The van der Waals surface area contributed by atoms with Crippen LogP contribution in [0.2, 0.25) is 5.02 Å². The van der Waals surface area contributed by atoms with Crippen molar-refractivity contribution < 1.29 is 4.39 Å². The first kappa shape index (κ1) is 13.0. The number of aromatic nitrogens is 1. The average molecular weight is 266 g/mol. The van der Waals surface area contributed by atoms with E-state index in [1.165, 1.54) is 18.2 Å². The number of nitrogens with one attached hydrogen (secondary N) is 1. The number of pyridine rings is 1. The van der Waals surface area contributed by atoms with E-state index in [2.05, 4.69) is 10.4 Å². The van der Waals surface area contributed by atoms with E-state index < -0.39 is 0 Å². The minimum atomic E-state index is -0.366. The van der Waals surface area contributed by atoms with Crippen molar-refractivity contribution in [2.75, 3.05) is 0 Å². The van der Waals surface area contributed by atoms with Crippen LogP contribution in [0.4, 0.5) is 4.39 Å². The van der Waals surface area contributed by atoms with E-state index >= 15 is 0 Å². The highest BCUT2D eigenvalue weighted by Crippen LogP contribution is 2.28. The molecule has 1 aromatic carbocycles. The molecule has 0 saturated carbocycles. The molecule has 5 heteroatoms. The lowest BCUT2D eigenvalue weighted by Gasteiger charge is -2.18. The third-order valence-electron chi connectivity index (χ3n) is 2.69. The molecule has 0 spiro atoms. The molecule has 0 aliphatic carbocycles. The molecule has 0 saturated heterocycles. The molecule has 0 bridgehead atoms. The topological polar surface area (TPSA) is 50.9 Å². The highest BCUT2D eigenvalue weighted by molar-refractivity contribution is 6.31. The van der Waals surface area contributed by atoms with E-state index in [1.807, 2.05) is 19.1 Å². The molecule has 1 unspecified atom stereocenters. The van der Waals surface area contributed by atoms with Crippen LogP contribution in [0.5, 0.6) is 0 Å². The third kappa shape index (κ3) is 2.67. The van der Waals surface area contributed by atoms with Gasteiger partial charge in [0.25, 0.3) is 0 Å². The highest BCUT2D eigenvalue weighted by Gasteiger charge is 2.16. The van der Waals surface area contributed by atoms with Crippen LogP contribution in [0.25, 0.3) is 0 Å². The smallest absolute Gasteiger partial charge is 0.123 e. The Morgan fingerprint density at radius 1 is 1.33 bits per heavy atom. The van der Waals surface area contributed by atoms with Crippen LogP contribution in [0.1, 0.15) is 22.9 Å². The molecule has 0 amide bonds. The van der Waals surface area contributed by atoms with Gasteiger partial charge in [0.1, 0.15) is 5.82 Å². The molecule has 1 heterocycles. The fourth-order valence-corrected chi connectivity index (χ4v) is 2.08. The summed E-state index contributed by atoms with van der Waals surface area (Å²) in [6, 6.07) is 7.55. The van der Waals surface area contributed by atoms with Gasteiger partial charge in [0.2, 0.25) is 0 Å². The maximum absolute atomic E-state index is 13.3. The third-order valence-corrected chi connectivity index (χ3v) is 3.03. The average Bonchev–Trinajstić information content (AvgIpc) is 2.35. The Morgan fingerprint density at radius 3 is 2.78 bits per heavy atom. The SMILES string of the molecule is Cc1cc(C(NN)c2cc(F)ccc2Cl)ccn1. The molecule has 94 valence electrons. The molecular weight excluding hydrogens is 253 g/mol. The number of benzene rings is 1. The van der Waals surface area contributed by atoms with Crippen molar-refractivity contribution in [3.63, 3.8) is 0 Å². The quantitative estimate of drug-likeness (QED) is 0.663. The molecular formula is C13H13ClFN3. The van der Waals surface area contributed by atoms with Gasteiger partial charge in [-0.1, -0.05) is 11.6 Å². The molecule has 3 N–H and O–H groups in total. The number of rotatable bonds is 3. The van der Waals surface area contributed by atoms with Crippen LogP contribution in [0, 0.1) is 12.7 Å². The first-order valence-corrected chi connectivity index (χ1v) is 5.83. The Hall–Kier alpha value is -1.49. The van der Waals surface area contributed by atoms with Gasteiger partial charge in [-0.05, 0) is 48.4 Å². The predicted octanol–water partition coefficient (Wildman–Crippen LogP) is 2.74. The van der Waals surface area contributed by atoms with E-state index in [-0.39, 0.29) is 11.9 Å². The standard InChI is InChI=1S/C13H13ClFN3/c1-8-6-9(4-5-17-8)13(18-16)11-7-10(15)2-3-12(11)14/h2-7,13,18H,16H2,1H3. The Morgan fingerprint density at radius 2 is 2.11 bits per heavy atom. The summed E-state index contributed by atoms with van der Waals surface area (Å²) < 4.78 is 13.3. The zero-order chi connectivity index (χ0) is 13.1. The largest absolute Gasteiger partial charge is 0.271 e. The van der Waals surface area contributed by atoms with E-state index in [9.17, 15) is 4.39 Å². The number of hydrogen-bond donors (Lipinski definition) is 2. The van der Waals surface area contributed by atoms with Gasteiger partial charge >= 0.3 is 0 Å². The second-order valence-corrected chi connectivity index (χ2v) is 4.40. The fourth-order valence-electron chi connectivity index (χ4n) is 1.85. The molecule has 2 aromatic rings. The van der Waals surface area contributed by atoms with Crippen molar-refractivity contribution in [2.24, 2.45) is 5.84 Å². The van der Waals surface area contributed by atoms with E-state index in [1.54, 1.807) is 6.20 Å². The van der Waals surface area contributed by atoms with Gasteiger partial charge < -0.3 is 0 Å². The normalized spacial score (nSPS) is 12.4. The molecule has 0 fully saturated rings. The molecule has 2 rings (SSSR count). The summed E-state index contributed by atoms with van der Waals surface area (Å²) >= 11 is 6.08. The molecule has 1 aromatic heterocycles. The summed E-state index contributed by atoms with van der Waals surface area (Å²) in [4.78, 5) is 4.11. The summed E-state index contributed by atoms with van der Waals surface area (Å²) in [6.45, 7) is 1.88. The predicted molar refractivity (Wildman–Crippen MR) is 69.6 cm³/mol. The second kappa shape index (κ2) is 5.44. The van der Waals surface area contributed by atoms with Crippen LogP contribution < -0.4 is 11.3 Å². The van der Waals surface area contributed by atoms with Gasteiger partial charge in [0.05, 0.1) is 6.04 Å². The number of halogens is 2. The van der Waals surface area contributed by atoms with E-state index in [0.717, 1.165) is 11.3 Å². The lowest BCUT2D eigenvalue weighted by Crippen LogP contribution is -2.29. The second-order valence-electron chi connectivity index (χ2n) is 4.00. The zero-order valence-electron chi connectivity index (χ0n) is 9.82. The van der Waals surface area contributed by atoms with Crippen LogP contribution >= 0.6 is 11.6 Å². The molecule has 0 aliphatic heterocycles. The molecule has 18 heavy (non-hydrogen) atoms. The monoisotopic (exact) mass is 265 g/mol. The van der Waals surface area contributed by atoms with Crippen LogP contribution in [-0.4, -0.2) is 4.98 Å². The van der Waals surface area contributed by atoms with Crippen molar-refractivity contribution in [2.45, 2.75) is 13.0 Å². The number of aryl methyl sites for hydroxylation is 1. The van der Waals surface area contributed by atoms with Crippen molar-refractivity contribution in [1.29, 1.82) is 0 Å². The lowest BCUT2D eigenvalue weighted by molar-refractivity contribution is 0.605. The molecule has 0 aliphatic rings. The number of hydrogen-bond acceptors (Lipinski definition) is 3. The van der Waals surface area contributed by atoms with Crippen molar-refractivity contribution in [3.8, 4) is 0 Å². The summed E-state index contributed by atoms with van der Waals surface area (Å²) in [5.74, 6) is 5.21. The summed E-state index contributed by atoms with van der Waals surface area (Å²) in [5, 5.41) is 0.466. The van der Waals surface area contributed by atoms with Crippen LogP contribution in [-0.2, 0) is 0 Å².